The molecule has 0 fully saturated rings. The monoisotopic (exact) mass is 542 g/mol. The van der Waals surface area contributed by atoms with E-state index in [4.69, 9.17) is 4.74 Å². The number of sulfonamides is 1. The maximum absolute atomic E-state index is 13.1. The Morgan fingerprint density at radius 1 is 1.06 bits per heavy atom. The van der Waals surface area contributed by atoms with Crippen LogP contribution in [-0.2, 0) is 26.7 Å². The number of carbonyl (C=O) groups excluding carboxylic acids is 1. The standard InChI is InChI=1S/C26H27BrN2O4S/c1-26(2,3)22-16-19(27)8-13-24(22)33-17-25(30)28-20-9-11-21(12-10-20)34(31,32)29-15-14-18-6-4-5-7-23(18)29/h4-13,16H,14-15,17H2,1-3H3,(H,28,30). The van der Waals surface area contributed by atoms with Crippen LogP contribution in [0, 0.1) is 0 Å². The highest BCUT2D eigenvalue weighted by Gasteiger charge is 2.30. The lowest BCUT2D eigenvalue weighted by atomic mass is 9.86. The van der Waals surface area contributed by atoms with Crippen LogP contribution >= 0.6 is 15.9 Å². The van der Waals surface area contributed by atoms with Gasteiger partial charge in [-0.25, -0.2) is 8.42 Å². The van der Waals surface area contributed by atoms with Gasteiger partial charge in [-0.3, -0.25) is 9.10 Å². The highest BCUT2D eigenvalue weighted by atomic mass is 79.9. The fourth-order valence-corrected chi connectivity index (χ4v) is 5.81. The third-order valence-corrected chi connectivity index (χ3v) is 8.00. The van der Waals surface area contributed by atoms with E-state index in [1.54, 1.807) is 12.1 Å². The molecule has 0 unspecified atom stereocenters. The van der Waals surface area contributed by atoms with E-state index in [9.17, 15) is 13.2 Å². The molecule has 1 aliphatic rings. The molecule has 34 heavy (non-hydrogen) atoms. The lowest BCUT2D eigenvalue weighted by molar-refractivity contribution is -0.118. The third kappa shape index (κ3) is 5.13. The van der Waals surface area contributed by atoms with Gasteiger partial charge >= 0.3 is 0 Å². The summed E-state index contributed by atoms with van der Waals surface area (Å²) in [7, 11) is -3.67. The Balaban J connectivity index is 1.41. The van der Waals surface area contributed by atoms with Gasteiger partial charge < -0.3 is 10.1 Å². The summed E-state index contributed by atoms with van der Waals surface area (Å²) in [6.45, 7) is 6.51. The lowest BCUT2D eigenvalue weighted by Crippen LogP contribution is -2.29. The maximum Gasteiger partial charge on any atom is 0.264 e. The Kier molecular flexibility index (Phi) is 6.73. The van der Waals surface area contributed by atoms with Gasteiger partial charge in [0.05, 0.1) is 10.6 Å². The number of hydrogen-bond donors (Lipinski definition) is 1. The molecule has 0 aliphatic carbocycles. The first-order chi connectivity index (χ1) is 16.1. The Morgan fingerprint density at radius 3 is 2.47 bits per heavy atom. The van der Waals surface area contributed by atoms with Crippen molar-refractivity contribution in [3.05, 3.63) is 82.3 Å². The molecule has 4 rings (SSSR count). The zero-order chi connectivity index (χ0) is 24.5. The van der Waals surface area contributed by atoms with Crippen LogP contribution in [0.5, 0.6) is 5.75 Å². The molecule has 3 aromatic rings. The highest BCUT2D eigenvalue weighted by molar-refractivity contribution is 9.10. The summed E-state index contributed by atoms with van der Waals surface area (Å²) in [6, 6.07) is 19.4. The minimum atomic E-state index is -3.67. The predicted molar refractivity (Wildman–Crippen MR) is 138 cm³/mol. The SMILES string of the molecule is CC(C)(C)c1cc(Br)ccc1OCC(=O)Nc1ccc(S(=O)(=O)N2CCc3ccccc32)cc1. The molecule has 0 radical (unpaired) electrons. The molecule has 0 bridgehead atoms. The largest absolute Gasteiger partial charge is 0.483 e. The minimum Gasteiger partial charge on any atom is -0.483 e. The van der Waals surface area contributed by atoms with Crippen molar-refractivity contribution in [2.45, 2.75) is 37.5 Å². The summed E-state index contributed by atoms with van der Waals surface area (Å²) in [4.78, 5) is 12.7. The molecule has 178 valence electrons. The first kappa shape index (κ1) is 24.3. The molecule has 6 nitrogen and oxygen atoms in total. The summed E-state index contributed by atoms with van der Waals surface area (Å²) >= 11 is 3.48. The van der Waals surface area contributed by atoms with Gasteiger partial charge in [-0.15, -0.1) is 0 Å². The number of benzene rings is 3. The molecule has 1 amide bonds. The van der Waals surface area contributed by atoms with Gasteiger partial charge in [0.25, 0.3) is 15.9 Å². The normalized spacial score (nSPS) is 13.5. The second kappa shape index (κ2) is 9.43. The van der Waals surface area contributed by atoms with Gasteiger partial charge in [-0.1, -0.05) is 54.9 Å². The van der Waals surface area contributed by atoms with Crippen LogP contribution in [0.25, 0.3) is 0 Å². The highest BCUT2D eigenvalue weighted by Crippen LogP contribution is 2.34. The molecule has 1 heterocycles. The number of carbonyl (C=O) groups is 1. The molecule has 0 saturated carbocycles. The van der Waals surface area contributed by atoms with E-state index in [2.05, 4.69) is 42.0 Å². The Hall–Kier alpha value is -2.84. The summed E-state index contributed by atoms with van der Waals surface area (Å²) in [5, 5.41) is 2.76. The number of ether oxygens (including phenoxy) is 1. The average molecular weight is 543 g/mol. The van der Waals surface area contributed by atoms with Crippen LogP contribution in [0.4, 0.5) is 11.4 Å². The van der Waals surface area contributed by atoms with E-state index in [-0.39, 0.29) is 22.8 Å². The van der Waals surface area contributed by atoms with Crippen molar-refractivity contribution in [2.24, 2.45) is 0 Å². The first-order valence-corrected chi connectivity index (χ1v) is 13.2. The van der Waals surface area contributed by atoms with Crippen molar-refractivity contribution in [3.8, 4) is 5.75 Å². The van der Waals surface area contributed by atoms with E-state index in [1.807, 2.05) is 42.5 Å². The van der Waals surface area contributed by atoms with E-state index in [0.717, 1.165) is 21.3 Å². The van der Waals surface area contributed by atoms with Gasteiger partial charge in [-0.05, 0) is 65.9 Å². The molecule has 0 aromatic heterocycles. The molecule has 1 aliphatic heterocycles. The first-order valence-electron chi connectivity index (χ1n) is 11.0. The number of rotatable bonds is 6. The average Bonchev–Trinajstić information content (AvgIpc) is 3.23. The van der Waals surface area contributed by atoms with Crippen LogP contribution in [-0.4, -0.2) is 27.5 Å². The molecular weight excluding hydrogens is 516 g/mol. The molecule has 3 aromatic carbocycles. The molecule has 1 N–H and O–H groups in total. The predicted octanol–water partition coefficient (Wildman–Crippen LogP) is 5.52. The Labute approximate surface area is 209 Å². The van der Waals surface area contributed by atoms with Gasteiger partial charge in [0, 0.05) is 22.3 Å². The van der Waals surface area contributed by atoms with Crippen molar-refractivity contribution >= 4 is 43.2 Å². The van der Waals surface area contributed by atoms with E-state index < -0.39 is 10.0 Å². The number of fused-ring (bicyclic) bond motifs is 1. The number of nitrogens with zero attached hydrogens (tertiary/aromatic N) is 1. The Morgan fingerprint density at radius 2 is 1.76 bits per heavy atom. The van der Waals surface area contributed by atoms with Crippen LogP contribution in [0.2, 0.25) is 0 Å². The number of hydrogen-bond acceptors (Lipinski definition) is 4. The Bertz CT molecular complexity index is 1320. The second-order valence-corrected chi connectivity index (χ2v) is 12.0. The number of amides is 1. The molecular formula is C26H27BrN2O4S. The van der Waals surface area contributed by atoms with Crippen molar-refractivity contribution in [2.75, 3.05) is 22.8 Å². The topological polar surface area (TPSA) is 75.7 Å². The summed E-state index contributed by atoms with van der Waals surface area (Å²) in [5.74, 6) is 0.324. The van der Waals surface area contributed by atoms with E-state index >= 15 is 0 Å². The maximum atomic E-state index is 13.1. The number of para-hydroxylation sites is 1. The molecule has 8 heteroatoms. The lowest BCUT2D eigenvalue weighted by Gasteiger charge is -2.23. The second-order valence-electron chi connectivity index (χ2n) is 9.21. The summed E-state index contributed by atoms with van der Waals surface area (Å²) in [6.07, 6.45) is 0.693. The molecule has 0 atom stereocenters. The van der Waals surface area contributed by atoms with Gasteiger partial charge in [0.1, 0.15) is 5.75 Å². The van der Waals surface area contributed by atoms with Crippen molar-refractivity contribution in [1.82, 2.24) is 0 Å². The van der Waals surface area contributed by atoms with Crippen LogP contribution < -0.4 is 14.4 Å². The number of nitrogens with one attached hydrogen (secondary N) is 1. The van der Waals surface area contributed by atoms with Crippen molar-refractivity contribution < 1.29 is 17.9 Å². The smallest absolute Gasteiger partial charge is 0.264 e. The van der Waals surface area contributed by atoms with Gasteiger partial charge in [0.15, 0.2) is 6.61 Å². The third-order valence-electron chi connectivity index (χ3n) is 5.68. The zero-order valence-corrected chi connectivity index (χ0v) is 21.7. The van der Waals surface area contributed by atoms with Gasteiger partial charge in [0.2, 0.25) is 0 Å². The summed E-state index contributed by atoms with van der Waals surface area (Å²) < 4.78 is 34.5. The van der Waals surface area contributed by atoms with Crippen LogP contribution in [0.1, 0.15) is 31.9 Å². The molecule has 0 spiro atoms. The van der Waals surface area contributed by atoms with Crippen LogP contribution in [0.15, 0.2) is 76.1 Å². The molecule has 0 saturated heterocycles. The van der Waals surface area contributed by atoms with Gasteiger partial charge in [-0.2, -0.15) is 0 Å². The quantitative estimate of drug-likeness (QED) is 0.445. The number of anilines is 2. The zero-order valence-electron chi connectivity index (χ0n) is 19.3. The van der Waals surface area contributed by atoms with Crippen LogP contribution in [0.3, 0.4) is 0 Å². The van der Waals surface area contributed by atoms with E-state index in [1.165, 1.54) is 16.4 Å². The summed E-state index contributed by atoms with van der Waals surface area (Å²) in [5.41, 5.74) is 3.09. The fraction of sp³-hybridized carbons (Fsp3) is 0.269. The van der Waals surface area contributed by atoms with Crippen molar-refractivity contribution in [3.63, 3.8) is 0 Å². The number of halogens is 1. The van der Waals surface area contributed by atoms with E-state index in [0.29, 0.717) is 24.4 Å². The minimum absolute atomic E-state index is 0.146. The van der Waals surface area contributed by atoms with Crippen molar-refractivity contribution in [1.29, 1.82) is 0 Å². The fourth-order valence-electron chi connectivity index (χ4n) is 3.95.